The lowest BCUT2D eigenvalue weighted by molar-refractivity contribution is 0.0571. The van der Waals surface area contributed by atoms with Crippen molar-refractivity contribution < 1.29 is 19.0 Å². The molecule has 0 aromatic heterocycles. The summed E-state index contributed by atoms with van der Waals surface area (Å²) in [5.74, 6) is 1.44. The van der Waals surface area contributed by atoms with E-state index in [1.165, 1.54) is 0 Å². The molecule has 0 bridgehead atoms. The maximum Gasteiger partial charge on any atom is 0.254 e. The lowest BCUT2D eigenvalue weighted by atomic mass is 9.97. The van der Waals surface area contributed by atoms with Crippen molar-refractivity contribution in [2.45, 2.75) is 84.9 Å². The molecule has 0 unspecified atom stereocenters. The van der Waals surface area contributed by atoms with Crippen LogP contribution in [-0.2, 0) is 11.2 Å². The fourth-order valence-electron chi connectivity index (χ4n) is 4.15. The normalized spacial score (nSPS) is 16.1. The first-order valence-electron chi connectivity index (χ1n) is 11.9. The molecule has 1 aliphatic rings. The molecule has 1 fully saturated rings. The van der Waals surface area contributed by atoms with E-state index in [2.05, 4.69) is 31.0 Å². The fraction of sp³-hybridized carbons (Fsp3) is 0.720. The molecule has 1 saturated heterocycles. The predicted molar refractivity (Wildman–Crippen MR) is 133 cm³/mol. The molecule has 1 aliphatic heterocycles. The number of amides is 1. The van der Waals surface area contributed by atoms with Crippen molar-refractivity contribution >= 4 is 18.3 Å². The largest absolute Gasteiger partial charge is 0.490 e. The molecule has 0 saturated carbocycles. The van der Waals surface area contributed by atoms with E-state index in [1.807, 2.05) is 26.0 Å². The van der Waals surface area contributed by atoms with Crippen molar-refractivity contribution in [1.82, 2.24) is 10.2 Å². The van der Waals surface area contributed by atoms with Gasteiger partial charge in [0.15, 0.2) is 11.5 Å². The molecule has 1 aromatic carbocycles. The van der Waals surface area contributed by atoms with Crippen molar-refractivity contribution in [3.05, 3.63) is 23.3 Å². The molecule has 6 nitrogen and oxygen atoms in total. The number of carbonyl (C=O) groups excluding carboxylic acids is 1. The number of aryl methyl sites for hydroxylation is 1. The number of ether oxygens (including phenoxy) is 3. The summed E-state index contributed by atoms with van der Waals surface area (Å²) in [7, 11) is 1.68. The summed E-state index contributed by atoms with van der Waals surface area (Å²) < 4.78 is 17.3. The first-order valence-corrected chi connectivity index (χ1v) is 11.9. The van der Waals surface area contributed by atoms with Crippen molar-refractivity contribution in [2.75, 3.05) is 33.4 Å². The third kappa shape index (κ3) is 8.13. The van der Waals surface area contributed by atoms with Crippen molar-refractivity contribution in [2.24, 2.45) is 0 Å². The highest BCUT2D eigenvalue weighted by Crippen LogP contribution is 2.34. The van der Waals surface area contributed by atoms with Crippen LogP contribution in [0.25, 0.3) is 0 Å². The van der Waals surface area contributed by atoms with E-state index < -0.39 is 0 Å². The maximum absolute atomic E-state index is 13.8. The number of benzene rings is 1. The van der Waals surface area contributed by atoms with Crippen LogP contribution in [0.15, 0.2) is 12.1 Å². The molecule has 1 atom stereocenters. The van der Waals surface area contributed by atoms with Gasteiger partial charge in [0.05, 0.1) is 12.7 Å². The zero-order chi connectivity index (χ0) is 22.8. The molecular formula is C25H43ClN2O4. The fourth-order valence-corrected chi connectivity index (χ4v) is 4.15. The molecule has 1 aromatic rings. The summed E-state index contributed by atoms with van der Waals surface area (Å²) in [6, 6.07) is 4.27. The van der Waals surface area contributed by atoms with Crippen molar-refractivity contribution in [3.8, 4) is 11.5 Å². The number of nitrogens with one attached hydrogen (secondary N) is 1. The number of halogens is 1. The number of nitrogens with zero attached hydrogens (tertiary/aromatic N) is 1. The lowest BCUT2D eigenvalue weighted by Gasteiger charge is -2.38. The average Bonchev–Trinajstić information content (AvgIpc) is 2.72. The molecular weight excluding hydrogens is 428 g/mol. The third-order valence-corrected chi connectivity index (χ3v) is 5.49. The third-order valence-electron chi connectivity index (χ3n) is 5.49. The summed E-state index contributed by atoms with van der Waals surface area (Å²) in [6.45, 7) is 13.4. The number of carbonyl (C=O) groups is 1. The molecule has 32 heavy (non-hydrogen) atoms. The van der Waals surface area contributed by atoms with Crippen LogP contribution in [0, 0.1) is 0 Å². The first-order chi connectivity index (χ1) is 14.9. The Balaban J connectivity index is 0.00000512. The highest BCUT2D eigenvalue weighted by atomic mass is 35.5. The minimum absolute atomic E-state index is 0. The Bertz CT molecular complexity index is 691. The quantitative estimate of drug-likeness (QED) is 0.442. The lowest BCUT2D eigenvalue weighted by Crippen LogP contribution is -2.51. The highest BCUT2D eigenvalue weighted by molar-refractivity contribution is 5.97. The second kappa shape index (κ2) is 14.6. The standard InChI is InChI=1S/C25H42N2O4.ClH/c1-7-10-20-15-24(31-19(4)5)23(30-14-9-13-29-6)16-22(20)25(28)27(18(2)3)21-11-8-12-26-17-21;/h15-16,18-19,21,26H,7-14,17H2,1-6H3;1H/t21-;/m1./s1. The van der Waals surface area contributed by atoms with Crippen LogP contribution < -0.4 is 14.8 Å². The summed E-state index contributed by atoms with van der Waals surface area (Å²) in [5, 5.41) is 3.45. The molecule has 1 amide bonds. The van der Waals surface area contributed by atoms with Gasteiger partial charge in [-0.2, -0.15) is 0 Å². The van der Waals surface area contributed by atoms with Gasteiger partial charge < -0.3 is 24.4 Å². The smallest absolute Gasteiger partial charge is 0.254 e. The molecule has 184 valence electrons. The van der Waals surface area contributed by atoms with Crippen LogP contribution in [0.4, 0.5) is 0 Å². The highest BCUT2D eigenvalue weighted by Gasteiger charge is 2.30. The van der Waals surface area contributed by atoms with Crippen molar-refractivity contribution in [1.29, 1.82) is 0 Å². The van der Waals surface area contributed by atoms with Gasteiger partial charge in [0.1, 0.15) is 0 Å². The van der Waals surface area contributed by atoms with Crippen LogP contribution in [0.2, 0.25) is 0 Å². The Hall–Kier alpha value is -1.50. The molecule has 1 N–H and O–H groups in total. The predicted octanol–water partition coefficient (Wildman–Crippen LogP) is 4.87. The van der Waals surface area contributed by atoms with Crippen LogP contribution in [0.3, 0.4) is 0 Å². The maximum atomic E-state index is 13.8. The Kier molecular flexibility index (Phi) is 13.0. The van der Waals surface area contributed by atoms with Gasteiger partial charge in [-0.3, -0.25) is 4.79 Å². The van der Waals surface area contributed by atoms with Gasteiger partial charge in [-0.05, 0) is 71.2 Å². The molecule has 7 heteroatoms. The molecule has 0 aliphatic carbocycles. The van der Waals surface area contributed by atoms with E-state index in [0.717, 1.165) is 56.3 Å². The molecule has 2 rings (SSSR count). The summed E-state index contributed by atoms with van der Waals surface area (Å²) >= 11 is 0. The second-order valence-corrected chi connectivity index (χ2v) is 8.87. The Morgan fingerprint density at radius 1 is 1.19 bits per heavy atom. The Labute approximate surface area is 200 Å². The van der Waals surface area contributed by atoms with Gasteiger partial charge in [0.25, 0.3) is 5.91 Å². The summed E-state index contributed by atoms with van der Waals surface area (Å²) in [5.41, 5.74) is 1.76. The zero-order valence-electron chi connectivity index (χ0n) is 20.7. The zero-order valence-corrected chi connectivity index (χ0v) is 21.6. The molecule has 0 spiro atoms. The minimum Gasteiger partial charge on any atom is -0.490 e. The number of piperidine rings is 1. The molecule has 0 radical (unpaired) electrons. The van der Waals surface area contributed by atoms with Gasteiger partial charge in [-0.1, -0.05) is 13.3 Å². The van der Waals surface area contributed by atoms with Gasteiger partial charge >= 0.3 is 0 Å². The van der Waals surface area contributed by atoms with E-state index in [-0.39, 0.29) is 36.5 Å². The van der Waals surface area contributed by atoms with E-state index in [4.69, 9.17) is 14.2 Å². The number of methoxy groups -OCH3 is 1. The van der Waals surface area contributed by atoms with Crippen LogP contribution >= 0.6 is 12.4 Å². The number of hydrogen-bond acceptors (Lipinski definition) is 5. The SMILES string of the molecule is CCCc1cc(OC(C)C)c(OCCCOC)cc1C(=O)N(C(C)C)[C@@H]1CCCNC1.Cl. The number of rotatable bonds is 12. The second-order valence-electron chi connectivity index (χ2n) is 8.87. The van der Waals surface area contributed by atoms with Gasteiger partial charge in [0, 0.05) is 44.3 Å². The average molecular weight is 471 g/mol. The van der Waals surface area contributed by atoms with Crippen molar-refractivity contribution in [3.63, 3.8) is 0 Å². The van der Waals surface area contributed by atoms with E-state index >= 15 is 0 Å². The Morgan fingerprint density at radius 2 is 1.94 bits per heavy atom. The molecule has 1 heterocycles. The van der Waals surface area contributed by atoms with Crippen LogP contribution in [-0.4, -0.2) is 62.4 Å². The Morgan fingerprint density at radius 3 is 2.50 bits per heavy atom. The van der Waals surface area contributed by atoms with E-state index in [1.54, 1.807) is 7.11 Å². The topological polar surface area (TPSA) is 60.0 Å². The minimum atomic E-state index is 0. The summed E-state index contributed by atoms with van der Waals surface area (Å²) in [4.78, 5) is 15.9. The van der Waals surface area contributed by atoms with Crippen LogP contribution in [0.1, 0.15) is 76.2 Å². The summed E-state index contributed by atoms with van der Waals surface area (Å²) in [6.07, 6.45) is 4.73. The number of hydrogen-bond donors (Lipinski definition) is 1. The van der Waals surface area contributed by atoms with E-state index in [0.29, 0.717) is 24.7 Å². The van der Waals surface area contributed by atoms with Gasteiger partial charge in [-0.25, -0.2) is 0 Å². The first kappa shape index (κ1) is 28.5. The van der Waals surface area contributed by atoms with Gasteiger partial charge in [-0.15, -0.1) is 12.4 Å². The van der Waals surface area contributed by atoms with Gasteiger partial charge in [0.2, 0.25) is 0 Å². The van der Waals surface area contributed by atoms with E-state index in [9.17, 15) is 4.79 Å². The monoisotopic (exact) mass is 470 g/mol. The van der Waals surface area contributed by atoms with Crippen LogP contribution in [0.5, 0.6) is 11.5 Å².